The molecule has 0 saturated carbocycles. The molecule has 1 aliphatic heterocycles. The largest absolute Gasteiger partial charge is 0.366 e. The summed E-state index contributed by atoms with van der Waals surface area (Å²) in [4.78, 5) is 13.8. The number of carbonyl (C=O) groups excluding carboxylic acids is 1. The van der Waals surface area contributed by atoms with Gasteiger partial charge in [0.25, 0.3) is 0 Å². The zero-order valence-electron chi connectivity index (χ0n) is 18.3. The van der Waals surface area contributed by atoms with Gasteiger partial charge in [0.2, 0.25) is 5.91 Å². The van der Waals surface area contributed by atoms with Gasteiger partial charge in [0.1, 0.15) is 5.41 Å². The van der Waals surface area contributed by atoms with Crippen LogP contribution in [0.2, 0.25) is 0 Å². The molecule has 4 rings (SSSR count). The second kappa shape index (κ2) is 9.80. The molecule has 0 bridgehead atoms. The fraction of sp³-hybridized carbons (Fsp3) is 0.286. The molecule has 3 aromatic carbocycles. The lowest BCUT2D eigenvalue weighted by Crippen LogP contribution is -2.46. The third-order valence-corrected chi connectivity index (χ3v) is 6.71. The van der Waals surface area contributed by atoms with Crippen LogP contribution in [0.15, 0.2) is 84.9 Å². The van der Waals surface area contributed by atoms with Gasteiger partial charge < -0.3 is 10.6 Å². The Kier molecular flexibility index (Phi) is 6.68. The number of piperidine rings is 1. The van der Waals surface area contributed by atoms with E-state index < -0.39 is 11.3 Å². The molecule has 162 valence electrons. The number of rotatable bonds is 7. The Morgan fingerprint density at radius 1 is 0.969 bits per heavy atom. The molecule has 4 nitrogen and oxygen atoms in total. The second-order valence-electron chi connectivity index (χ2n) is 8.60. The highest BCUT2D eigenvalue weighted by atomic mass is 16.1. The monoisotopic (exact) mass is 423 g/mol. The van der Waals surface area contributed by atoms with Crippen molar-refractivity contribution in [2.24, 2.45) is 11.7 Å². The Balaban J connectivity index is 1.55. The molecular formula is C28H29N3O. The van der Waals surface area contributed by atoms with Gasteiger partial charge in [-0.2, -0.15) is 5.26 Å². The van der Waals surface area contributed by atoms with Gasteiger partial charge in [-0.3, -0.25) is 4.79 Å². The zero-order valence-corrected chi connectivity index (χ0v) is 18.3. The summed E-state index contributed by atoms with van der Waals surface area (Å²) < 4.78 is 0. The molecule has 1 aliphatic rings. The Hall–Kier alpha value is -3.42. The Labute approximate surface area is 190 Å². The van der Waals surface area contributed by atoms with E-state index >= 15 is 0 Å². The van der Waals surface area contributed by atoms with Crippen molar-refractivity contribution < 1.29 is 4.79 Å². The van der Waals surface area contributed by atoms with Crippen LogP contribution in [0.4, 0.5) is 0 Å². The number of carbonyl (C=O) groups is 1. The SMILES string of the molecule is N#CC(c1ccccc1)(c1ccccc1)[C@H]1CCCN(CCc2ccc(C(N)=O)cc2)C1. The summed E-state index contributed by atoms with van der Waals surface area (Å²) in [5, 5.41) is 10.6. The molecule has 0 aromatic heterocycles. The average Bonchev–Trinajstić information content (AvgIpc) is 2.85. The lowest BCUT2D eigenvalue weighted by atomic mass is 9.64. The molecule has 1 atom stereocenters. The molecule has 0 spiro atoms. The van der Waals surface area contributed by atoms with Gasteiger partial charge >= 0.3 is 0 Å². The fourth-order valence-electron chi connectivity index (χ4n) is 5.00. The number of nitrogens with two attached hydrogens (primary N) is 1. The van der Waals surface area contributed by atoms with Crippen molar-refractivity contribution in [2.45, 2.75) is 24.7 Å². The van der Waals surface area contributed by atoms with E-state index in [1.165, 1.54) is 5.56 Å². The van der Waals surface area contributed by atoms with Crippen LogP contribution in [0.5, 0.6) is 0 Å². The van der Waals surface area contributed by atoms with Crippen LogP contribution >= 0.6 is 0 Å². The third-order valence-electron chi connectivity index (χ3n) is 6.71. The average molecular weight is 424 g/mol. The highest BCUT2D eigenvalue weighted by Gasteiger charge is 2.44. The number of likely N-dealkylation sites (tertiary alicyclic amines) is 1. The van der Waals surface area contributed by atoms with Gasteiger partial charge in [0.05, 0.1) is 6.07 Å². The van der Waals surface area contributed by atoms with Gasteiger partial charge in [0.15, 0.2) is 0 Å². The van der Waals surface area contributed by atoms with Crippen molar-refractivity contribution in [2.75, 3.05) is 19.6 Å². The summed E-state index contributed by atoms with van der Waals surface area (Å²) in [5.74, 6) is -0.187. The normalized spacial score (nSPS) is 16.9. The Bertz CT molecular complexity index is 1030. The first-order chi connectivity index (χ1) is 15.6. The van der Waals surface area contributed by atoms with E-state index in [9.17, 15) is 10.1 Å². The first-order valence-electron chi connectivity index (χ1n) is 11.3. The zero-order chi connectivity index (χ0) is 22.4. The lowest BCUT2D eigenvalue weighted by molar-refractivity contribution is 0.100. The predicted molar refractivity (Wildman–Crippen MR) is 127 cm³/mol. The Morgan fingerprint density at radius 3 is 2.09 bits per heavy atom. The highest BCUT2D eigenvalue weighted by molar-refractivity contribution is 5.92. The van der Waals surface area contributed by atoms with Crippen LogP contribution in [0, 0.1) is 17.2 Å². The van der Waals surface area contributed by atoms with E-state index in [0.717, 1.165) is 50.0 Å². The molecular weight excluding hydrogens is 394 g/mol. The molecule has 0 radical (unpaired) electrons. The predicted octanol–water partition coefficient (Wildman–Crippen LogP) is 4.55. The first-order valence-corrected chi connectivity index (χ1v) is 11.3. The number of amides is 1. The van der Waals surface area contributed by atoms with Crippen LogP contribution < -0.4 is 5.73 Å². The standard InChI is InChI=1S/C28H29N3O/c29-21-28(24-8-3-1-4-9-24,25-10-5-2-6-11-25)26-12-7-18-31(20-26)19-17-22-13-15-23(16-14-22)27(30)32/h1-6,8-11,13-16,26H,7,12,17-20H2,(H2,30,32)/t26-/m0/s1. The molecule has 1 amide bonds. The summed E-state index contributed by atoms with van der Waals surface area (Å²) in [7, 11) is 0. The van der Waals surface area contributed by atoms with Crippen molar-refractivity contribution >= 4 is 5.91 Å². The van der Waals surface area contributed by atoms with E-state index in [1.54, 1.807) is 12.1 Å². The minimum atomic E-state index is -0.662. The maximum absolute atomic E-state index is 11.3. The minimum Gasteiger partial charge on any atom is -0.366 e. The van der Waals surface area contributed by atoms with E-state index in [4.69, 9.17) is 5.73 Å². The molecule has 4 heteroatoms. The summed E-state index contributed by atoms with van der Waals surface area (Å²) in [6.45, 7) is 2.86. The van der Waals surface area contributed by atoms with Gasteiger partial charge in [-0.15, -0.1) is 0 Å². The van der Waals surface area contributed by atoms with Crippen molar-refractivity contribution in [3.63, 3.8) is 0 Å². The molecule has 0 aliphatic carbocycles. The van der Waals surface area contributed by atoms with Crippen LogP contribution in [0.25, 0.3) is 0 Å². The number of hydrogen-bond acceptors (Lipinski definition) is 3. The number of hydrogen-bond donors (Lipinski definition) is 1. The quantitative estimate of drug-likeness (QED) is 0.606. The third kappa shape index (κ3) is 4.44. The van der Waals surface area contributed by atoms with Crippen LogP contribution in [-0.4, -0.2) is 30.4 Å². The smallest absolute Gasteiger partial charge is 0.248 e. The number of nitrogens with zero attached hydrogens (tertiary/aromatic N) is 2. The molecule has 1 fully saturated rings. The van der Waals surface area contributed by atoms with Gasteiger partial charge in [-0.1, -0.05) is 72.8 Å². The van der Waals surface area contributed by atoms with E-state index in [1.807, 2.05) is 48.5 Å². The summed E-state index contributed by atoms with van der Waals surface area (Å²) >= 11 is 0. The van der Waals surface area contributed by atoms with Crippen molar-refractivity contribution in [1.82, 2.24) is 4.90 Å². The van der Waals surface area contributed by atoms with Gasteiger partial charge in [-0.25, -0.2) is 0 Å². The maximum atomic E-state index is 11.3. The highest BCUT2D eigenvalue weighted by Crippen LogP contribution is 2.42. The second-order valence-corrected chi connectivity index (χ2v) is 8.60. The van der Waals surface area contributed by atoms with Gasteiger partial charge in [-0.05, 0) is 60.5 Å². The van der Waals surface area contributed by atoms with Crippen molar-refractivity contribution in [1.29, 1.82) is 5.26 Å². The first kappa shape index (κ1) is 21.8. The van der Waals surface area contributed by atoms with Crippen molar-refractivity contribution in [3.05, 3.63) is 107 Å². The fourth-order valence-corrected chi connectivity index (χ4v) is 5.00. The number of primary amides is 1. The van der Waals surface area contributed by atoms with Crippen LogP contribution in [0.3, 0.4) is 0 Å². The number of benzene rings is 3. The number of nitriles is 1. The summed E-state index contributed by atoms with van der Waals surface area (Å²) in [6, 6.07) is 30.8. The molecule has 1 heterocycles. The Morgan fingerprint density at radius 2 is 1.56 bits per heavy atom. The van der Waals surface area contributed by atoms with E-state index in [2.05, 4.69) is 35.2 Å². The summed E-state index contributed by atoms with van der Waals surface area (Å²) in [6.07, 6.45) is 3.01. The molecule has 32 heavy (non-hydrogen) atoms. The molecule has 1 saturated heterocycles. The van der Waals surface area contributed by atoms with Crippen LogP contribution in [-0.2, 0) is 11.8 Å². The molecule has 0 unspecified atom stereocenters. The lowest BCUT2D eigenvalue weighted by Gasteiger charge is -2.42. The molecule has 2 N–H and O–H groups in total. The van der Waals surface area contributed by atoms with Crippen LogP contribution in [0.1, 0.15) is 39.9 Å². The topological polar surface area (TPSA) is 70.1 Å². The van der Waals surface area contributed by atoms with E-state index in [-0.39, 0.29) is 5.92 Å². The maximum Gasteiger partial charge on any atom is 0.248 e. The molecule has 3 aromatic rings. The van der Waals surface area contributed by atoms with E-state index in [0.29, 0.717) is 5.56 Å². The van der Waals surface area contributed by atoms with Crippen molar-refractivity contribution in [3.8, 4) is 6.07 Å². The minimum absolute atomic E-state index is 0.211. The summed E-state index contributed by atoms with van der Waals surface area (Å²) in [5.41, 5.74) is 8.56. The van der Waals surface area contributed by atoms with Gasteiger partial charge in [0, 0.05) is 18.7 Å².